The number of ether oxygens (including phenoxy) is 1. The third-order valence-electron chi connectivity index (χ3n) is 3.88. The molecule has 0 aliphatic heterocycles. The zero-order valence-electron chi connectivity index (χ0n) is 13.7. The molecule has 128 valence electrons. The van der Waals surface area contributed by atoms with Gasteiger partial charge in [-0.25, -0.2) is 14.6 Å². The Balaban J connectivity index is 1.70. The molecule has 26 heavy (non-hydrogen) atoms. The molecule has 0 unspecified atom stereocenters. The van der Waals surface area contributed by atoms with E-state index in [9.17, 15) is 9.59 Å². The quantitative estimate of drug-likeness (QED) is 0.567. The molecule has 4 aromatic rings. The molecule has 0 amide bonds. The second kappa shape index (κ2) is 6.68. The predicted octanol–water partition coefficient (Wildman–Crippen LogP) is 3.19. The summed E-state index contributed by atoms with van der Waals surface area (Å²) in [7, 11) is 0. The van der Waals surface area contributed by atoms with E-state index in [1.807, 2.05) is 54.6 Å². The Morgan fingerprint density at radius 1 is 0.923 bits per heavy atom. The molecule has 2 heterocycles. The van der Waals surface area contributed by atoms with Crippen LogP contribution in [0.1, 0.15) is 5.56 Å². The number of nitrogens with zero attached hydrogens (tertiary/aromatic N) is 2. The van der Waals surface area contributed by atoms with Crippen LogP contribution in [-0.2, 0) is 6.54 Å². The maximum Gasteiger partial charge on any atom is 0.423 e. The highest BCUT2D eigenvalue weighted by atomic mass is 16.5. The van der Waals surface area contributed by atoms with Crippen LogP contribution in [0.25, 0.3) is 11.0 Å². The lowest BCUT2D eigenvalue weighted by molar-refractivity contribution is 0.423. The van der Waals surface area contributed by atoms with Gasteiger partial charge in [-0.1, -0.05) is 30.3 Å². The molecule has 2 aromatic carbocycles. The van der Waals surface area contributed by atoms with Gasteiger partial charge in [-0.3, -0.25) is 4.57 Å². The van der Waals surface area contributed by atoms with E-state index < -0.39 is 11.4 Å². The van der Waals surface area contributed by atoms with E-state index in [0.717, 1.165) is 11.3 Å². The number of benzene rings is 2. The fourth-order valence-corrected chi connectivity index (χ4v) is 2.70. The Kier molecular flexibility index (Phi) is 4.07. The zero-order valence-corrected chi connectivity index (χ0v) is 13.7. The molecule has 0 atom stereocenters. The van der Waals surface area contributed by atoms with E-state index in [1.54, 1.807) is 12.1 Å². The summed E-state index contributed by atoms with van der Waals surface area (Å²) < 4.78 is 11.9. The molecule has 0 radical (unpaired) electrons. The monoisotopic (exact) mass is 346 g/mol. The van der Waals surface area contributed by atoms with Gasteiger partial charge in [0.05, 0.1) is 6.54 Å². The first-order chi connectivity index (χ1) is 12.7. The summed E-state index contributed by atoms with van der Waals surface area (Å²) in [5.74, 6) is 0.631. The van der Waals surface area contributed by atoms with Crippen LogP contribution in [0.5, 0.6) is 11.5 Å². The third-order valence-corrected chi connectivity index (χ3v) is 3.88. The Morgan fingerprint density at radius 3 is 2.58 bits per heavy atom. The maximum absolute atomic E-state index is 12.2. The van der Waals surface area contributed by atoms with E-state index in [-0.39, 0.29) is 11.9 Å². The van der Waals surface area contributed by atoms with Crippen molar-refractivity contribution in [2.24, 2.45) is 0 Å². The fourth-order valence-electron chi connectivity index (χ4n) is 2.70. The van der Waals surface area contributed by atoms with E-state index in [4.69, 9.17) is 9.15 Å². The number of fused-ring (bicyclic) bond motifs is 1. The van der Waals surface area contributed by atoms with Crippen LogP contribution >= 0.6 is 0 Å². The lowest BCUT2D eigenvalue weighted by Gasteiger charge is -2.10. The first-order valence-corrected chi connectivity index (χ1v) is 8.01. The topological polar surface area (TPSA) is 74.3 Å². The van der Waals surface area contributed by atoms with Gasteiger partial charge in [0.1, 0.15) is 16.9 Å². The minimum Gasteiger partial charge on any atom is -0.457 e. The Hall–Kier alpha value is -3.67. The molecule has 6 heteroatoms. The van der Waals surface area contributed by atoms with Crippen molar-refractivity contribution in [3.8, 4) is 11.5 Å². The third kappa shape index (κ3) is 3.12. The molecule has 0 spiro atoms. The predicted molar refractivity (Wildman–Crippen MR) is 96.6 cm³/mol. The van der Waals surface area contributed by atoms with Crippen molar-refractivity contribution in [2.45, 2.75) is 6.54 Å². The van der Waals surface area contributed by atoms with Gasteiger partial charge in [-0.2, -0.15) is 0 Å². The molecule has 0 saturated carbocycles. The molecule has 0 bridgehead atoms. The van der Waals surface area contributed by atoms with Crippen LogP contribution in [-0.4, -0.2) is 9.55 Å². The number of aromatic nitrogens is 2. The summed E-state index contributed by atoms with van der Waals surface area (Å²) in [5, 5.41) is 0.267. The second-order valence-corrected chi connectivity index (χ2v) is 5.68. The molecule has 2 aromatic heterocycles. The van der Waals surface area contributed by atoms with E-state index >= 15 is 0 Å². The molecule has 4 rings (SSSR count). The normalized spacial score (nSPS) is 10.8. The molecular weight excluding hydrogens is 332 g/mol. The van der Waals surface area contributed by atoms with Crippen LogP contribution < -0.4 is 16.1 Å². The van der Waals surface area contributed by atoms with Crippen molar-refractivity contribution < 1.29 is 9.15 Å². The summed E-state index contributed by atoms with van der Waals surface area (Å²) in [6.45, 7) is 0.210. The van der Waals surface area contributed by atoms with Crippen molar-refractivity contribution in [3.63, 3.8) is 0 Å². The highest BCUT2D eigenvalue weighted by Crippen LogP contribution is 2.22. The molecule has 0 N–H and O–H groups in total. The van der Waals surface area contributed by atoms with E-state index in [1.165, 1.54) is 10.8 Å². The van der Waals surface area contributed by atoms with Crippen molar-refractivity contribution in [3.05, 3.63) is 99.5 Å². The van der Waals surface area contributed by atoms with Gasteiger partial charge >= 0.3 is 11.4 Å². The van der Waals surface area contributed by atoms with E-state index in [2.05, 4.69) is 4.98 Å². The van der Waals surface area contributed by atoms with Crippen molar-refractivity contribution >= 4 is 11.0 Å². The SMILES string of the molecule is O=c1oc(=O)n(Cc2cccc(Oc3ccccc3)c2)c2ncccc12. The Morgan fingerprint density at radius 2 is 1.73 bits per heavy atom. The van der Waals surface area contributed by atoms with Crippen molar-refractivity contribution in [1.82, 2.24) is 9.55 Å². The van der Waals surface area contributed by atoms with Gasteiger partial charge < -0.3 is 9.15 Å². The van der Waals surface area contributed by atoms with Gasteiger partial charge in [0.25, 0.3) is 0 Å². The van der Waals surface area contributed by atoms with Gasteiger partial charge in [0.15, 0.2) is 5.65 Å². The summed E-state index contributed by atoms with van der Waals surface area (Å²) in [4.78, 5) is 28.1. The number of rotatable bonds is 4. The largest absolute Gasteiger partial charge is 0.457 e. The standard InChI is InChI=1S/C20H14N2O4/c23-19-17-10-5-11-21-18(17)22(20(24)26-19)13-14-6-4-9-16(12-14)25-15-7-2-1-3-8-15/h1-12H,13H2. The lowest BCUT2D eigenvalue weighted by Crippen LogP contribution is -2.26. The number of pyridine rings is 1. The average Bonchev–Trinajstić information content (AvgIpc) is 2.66. The first-order valence-electron chi connectivity index (χ1n) is 8.01. The van der Waals surface area contributed by atoms with Gasteiger partial charge in [0.2, 0.25) is 0 Å². The Labute approximate surface area is 147 Å². The van der Waals surface area contributed by atoms with Crippen molar-refractivity contribution in [1.29, 1.82) is 0 Å². The van der Waals surface area contributed by atoms with E-state index in [0.29, 0.717) is 11.4 Å². The molecule has 0 aliphatic rings. The molecule has 0 saturated heterocycles. The average molecular weight is 346 g/mol. The van der Waals surface area contributed by atoms with Gasteiger partial charge in [0, 0.05) is 6.20 Å². The maximum atomic E-state index is 12.2. The van der Waals surface area contributed by atoms with Crippen LogP contribution in [0.4, 0.5) is 0 Å². The zero-order chi connectivity index (χ0) is 17.9. The van der Waals surface area contributed by atoms with Gasteiger partial charge in [-0.15, -0.1) is 0 Å². The second-order valence-electron chi connectivity index (χ2n) is 5.68. The minimum atomic E-state index is -0.740. The fraction of sp³-hybridized carbons (Fsp3) is 0.0500. The van der Waals surface area contributed by atoms with Crippen LogP contribution in [0.15, 0.2) is 86.9 Å². The smallest absolute Gasteiger partial charge is 0.423 e. The summed E-state index contributed by atoms with van der Waals surface area (Å²) in [5.41, 5.74) is 0.431. The summed E-state index contributed by atoms with van der Waals surface area (Å²) in [6.07, 6.45) is 1.53. The highest BCUT2D eigenvalue weighted by molar-refractivity contribution is 5.72. The summed E-state index contributed by atoms with van der Waals surface area (Å²) >= 11 is 0. The highest BCUT2D eigenvalue weighted by Gasteiger charge is 2.11. The molecule has 0 aliphatic carbocycles. The minimum absolute atomic E-state index is 0.210. The number of hydrogen-bond acceptors (Lipinski definition) is 5. The van der Waals surface area contributed by atoms with Crippen molar-refractivity contribution in [2.75, 3.05) is 0 Å². The summed E-state index contributed by atoms with van der Waals surface area (Å²) in [6, 6.07) is 20.0. The molecule has 0 fully saturated rings. The number of para-hydroxylation sites is 1. The van der Waals surface area contributed by atoms with Crippen LogP contribution in [0.3, 0.4) is 0 Å². The Bertz CT molecular complexity index is 1180. The lowest BCUT2D eigenvalue weighted by atomic mass is 10.2. The van der Waals surface area contributed by atoms with Gasteiger partial charge in [-0.05, 0) is 42.0 Å². The molecular formula is C20H14N2O4. The first kappa shape index (κ1) is 15.8. The molecule has 6 nitrogen and oxygen atoms in total. The number of hydrogen-bond donors (Lipinski definition) is 0. The van der Waals surface area contributed by atoms with Crippen LogP contribution in [0.2, 0.25) is 0 Å². The van der Waals surface area contributed by atoms with Crippen LogP contribution in [0, 0.1) is 0 Å².